The number of ether oxygens (including phenoxy) is 1. The molecule has 0 fully saturated rings. The summed E-state index contributed by atoms with van der Waals surface area (Å²) >= 11 is 0. The van der Waals surface area contributed by atoms with Crippen LogP contribution in [0.5, 0.6) is 0 Å². The molecular weight excluding hydrogens is 1010 g/mol. The smallest absolute Gasteiger partial charge is 0.283 e. The van der Waals surface area contributed by atoms with Crippen LogP contribution >= 0.6 is 0 Å². The minimum Gasteiger partial charge on any atom is -0.283 e. The van der Waals surface area contributed by atoms with Crippen molar-refractivity contribution in [3.8, 4) is 0 Å². The average Bonchev–Trinajstić information content (AvgIpc) is 3.08. The molecule has 446 valence electrons. The SMILES string of the molecule is C.C.C.C.C.C.C.C.CC(C)(CF)OC(F)(F)F.CC(C)(CF)OF.CCC(F)(F)F.CCF.CCF.CCF.COF.COF.COF.COF.FCC(F)(F)F.FCF.FCF.FCF. The van der Waals surface area contributed by atoms with E-state index in [0.717, 1.165) is 49.2 Å². The second-order valence-corrected chi connectivity index (χ2v) is 7.85. The van der Waals surface area contributed by atoms with Gasteiger partial charge in [0.15, 0.2) is 6.67 Å². The van der Waals surface area contributed by atoms with Crippen LogP contribution in [0.4, 0.5) is 115 Å². The van der Waals surface area contributed by atoms with Gasteiger partial charge >= 0.3 is 18.7 Å². The third kappa shape index (κ3) is 684. The summed E-state index contributed by atoms with van der Waals surface area (Å²) in [6.07, 6.45) is -14.1. The fourth-order valence-corrected chi connectivity index (χ4v) is 0.361. The van der Waals surface area contributed by atoms with Gasteiger partial charge in [-0.25, -0.2) is 39.5 Å². The zero-order chi connectivity index (χ0) is 51.8. The van der Waals surface area contributed by atoms with Crippen LogP contribution in [0.15, 0.2) is 0 Å². The highest BCUT2D eigenvalue weighted by molar-refractivity contribution is 4.66. The second kappa shape index (κ2) is 131. The number of halogens is 26. The summed E-state index contributed by atoms with van der Waals surface area (Å²) in [6.45, 7) is -0.0238. The van der Waals surface area contributed by atoms with Crippen molar-refractivity contribution in [3.05, 3.63) is 0 Å². The lowest BCUT2D eigenvalue weighted by Crippen LogP contribution is -2.34. The zero-order valence-corrected chi connectivity index (χ0v) is 33.8. The van der Waals surface area contributed by atoms with E-state index in [1.54, 1.807) is 0 Å². The van der Waals surface area contributed by atoms with Gasteiger partial charge in [0, 0.05) is 6.42 Å². The topological polar surface area (TPSA) is 55.4 Å². The quantitative estimate of drug-likeness (QED) is 0.262. The molecule has 0 saturated heterocycles. The molecule has 0 aliphatic heterocycles. The van der Waals surface area contributed by atoms with E-state index in [1.165, 1.54) is 34.6 Å². The summed E-state index contributed by atoms with van der Waals surface area (Å²) in [5.41, 5.74) is -3.02. The lowest BCUT2D eigenvalue weighted by atomic mass is 10.2. The van der Waals surface area contributed by atoms with Crippen LogP contribution in [0, 0.1) is 0 Å². The molecule has 0 aromatic rings. The first kappa shape index (κ1) is 144. The molecule has 6 nitrogen and oxygen atoms in total. The van der Waals surface area contributed by atoms with E-state index in [9.17, 15) is 115 Å². The molecule has 0 heterocycles. The van der Waals surface area contributed by atoms with Crippen molar-refractivity contribution in [2.75, 3.05) is 89.3 Å². The molecule has 32 heteroatoms. The van der Waals surface area contributed by atoms with E-state index in [0.29, 0.717) is 0 Å². The summed E-state index contributed by atoms with van der Waals surface area (Å²) in [6, 6.07) is 0. The van der Waals surface area contributed by atoms with Crippen LogP contribution < -0.4 is 0 Å². The number of alkyl halides is 21. The van der Waals surface area contributed by atoms with Crippen molar-refractivity contribution >= 4 is 0 Å². The average molecular weight is 1100 g/mol. The van der Waals surface area contributed by atoms with E-state index in [1.807, 2.05) is 0 Å². The minimum absolute atomic E-state index is 0. The Balaban J connectivity index is -0.0000000165. The van der Waals surface area contributed by atoms with Crippen molar-refractivity contribution in [3.63, 3.8) is 0 Å². The van der Waals surface area contributed by atoms with Gasteiger partial charge in [0.05, 0.1) is 48.5 Å². The van der Waals surface area contributed by atoms with Crippen molar-refractivity contribution in [1.82, 2.24) is 0 Å². The van der Waals surface area contributed by atoms with Crippen LogP contribution in [-0.2, 0) is 29.4 Å². The fourth-order valence-electron chi connectivity index (χ4n) is 0.361. The first-order chi connectivity index (χ1) is 26.7. The molecule has 0 aliphatic rings. The number of hydrogen-bond donors (Lipinski definition) is 0. The summed E-state index contributed by atoms with van der Waals surface area (Å²) in [4.78, 5) is 14.2. The monoisotopic (exact) mass is 1100 g/mol. The predicted molar refractivity (Wildman–Crippen MR) is 220 cm³/mol. The number of rotatable bonds is 4. The van der Waals surface area contributed by atoms with Gasteiger partial charge in [-0.1, -0.05) is 66.3 Å². The maximum atomic E-state index is 11.7. The lowest BCUT2D eigenvalue weighted by molar-refractivity contribution is -0.362. The Bertz CT molecular complexity index is 508. The Hall–Kier alpha value is -2.06. The van der Waals surface area contributed by atoms with Crippen molar-refractivity contribution in [2.24, 2.45) is 0 Å². The van der Waals surface area contributed by atoms with Crippen molar-refractivity contribution in [2.45, 2.75) is 151 Å². The third-order valence-corrected chi connectivity index (χ3v) is 1.80. The van der Waals surface area contributed by atoms with E-state index in [-0.39, 0.29) is 79.4 Å². The molecule has 0 rings (SSSR count). The van der Waals surface area contributed by atoms with Crippen molar-refractivity contribution in [1.29, 1.82) is 0 Å². The van der Waals surface area contributed by atoms with Gasteiger partial charge in [0.2, 0.25) is 20.8 Å². The molecule has 0 bridgehead atoms. The standard InChI is InChI=1S/C5H8F4O.C4H8F2O.C3H5F3.C2H2F4.3C2H5F.3CH2F2.4CH3FO.8CH4/c1-4(2,3-6)10-5(7,8)9;1-4(2,3-5)7-6;1-2-3(4,5)6;3-1-2(4,5)6;3*1-2-3;3*2-1-3;4*1-3-2;;;;;;;;/h3H2,1-2H3;3H2,1-2H3;2H2,1H3;1H2;3*2H2,1H3;3*1H2;4*1H3;8*1H4. The molecule has 0 aromatic heterocycles. The highest BCUT2D eigenvalue weighted by Gasteiger charge is 2.37. The van der Waals surface area contributed by atoms with Gasteiger partial charge in [-0.2, -0.15) is 51.0 Å². The summed E-state index contributed by atoms with van der Waals surface area (Å²) in [5, 5.41) is 0. The summed E-state index contributed by atoms with van der Waals surface area (Å²) < 4.78 is 273. The minimum atomic E-state index is -4.75. The summed E-state index contributed by atoms with van der Waals surface area (Å²) in [5.74, 6) is 0. The molecule has 0 spiro atoms. The molecule has 0 unspecified atom stereocenters. The molecular formula is C35H88F26O6. The molecule has 0 amide bonds. The molecule has 0 saturated carbocycles. The molecule has 0 aliphatic carbocycles. The molecule has 0 aromatic carbocycles. The Morgan fingerprint density at radius 2 is 0.448 bits per heavy atom. The summed E-state index contributed by atoms with van der Waals surface area (Å²) in [7, 11) is 3.83. The molecule has 67 heavy (non-hydrogen) atoms. The number of hydrogen-bond acceptors (Lipinski definition) is 6. The Morgan fingerprint density at radius 3 is 0.463 bits per heavy atom. The van der Waals surface area contributed by atoms with Gasteiger partial charge in [0.25, 0.3) is 0 Å². The molecule has 0 N–H and O–H groups in total. The fraction of sp³-hybridized carbons (Fsp3) is 1.00. The zero-order valence-electron chi connectivity index (χ0n) is 33.8. The van der Waals surface area contributed by atoms with Gasteiger partial charge < -0.3 is 0 Å². The first-order valence-corrected chi connectivity index (χ1v) is 14.2. The molecule has 0 radical (unpaired) electrons. The maximum absolute atomic E-state index is 11.7. The van der Waals surface area contributed by atoms with Crippen LogP contribution in [0.2, 0.25) is 0 Å². The lowest BCUT2D eigenvalue weighted by Gasteiger charge is -2.22. The van der Waals surface area contributed by atoms with Crippen LogP contribution in [0.3, 0.4) is 0 Å². The Labute approximate surface area is 385 Å². The van der Waals surface area contributed by atoms with Crippen LogP contribution in [0.1, 0.15) is 121 Å². The highest BCUT2D eigenvalue weighted by atomic mass is 19.4. The van der Waals surface area contributed by atoms with E-state index >= 15 is 0 Å². The predicted octanol–water partition coefficient (Wildman–Crippen LogP) is 20.1. The Morgan fingerprint density at radius 1 is 0.328 bits per heavy atom. The van der Waals surface area contributed by atoms with Crippen LogP contribution in [0.25, 0.3) is 0 Å². The van der Waals surface area contributed by atoms with Gasteiger partial charge in [-0.3, -0.25) is 17.9 Å². The van der Waals surface area contributed by atoms with E-state index < -0.39 is 77.1 Å². The van der Waals surface area contributed by atoms with E-state index in [2.05, 4.69) is 29.4 Å². The van der Waals surface area contributed by atoms with E-state index in [4.69, 9.17) is 0 Å². The van der Waals surface area contributed by atoms with Crippen molar-refractivity contribution < 1.29 is 144 Å². The normalized spacial score (nSPS) is 8.15. The van der Waals surface area contributed by atoms with Crippen LogP contribution in [-0.4, -0.2) is 119 Å². The highest BCUT2D eigenvalue weighted by Crippen LogP contribution is 2.25. The largest absolute Gasteiger partial charge is 0.523 e. The molecule has 0 atom stereocenters. The maximum Gasteiger partial charge on any atom is 0.523 e. The van der Waals surface area contributed by atoms with Gasteiger partial charge in [-0.15, -0.1) is 13.2 Å². The van der Waals surface area contributed by atoms with Gasteiger partial charge in [-0.05, 0) is 71.1 Å². The first-order valence-electron chi connectivity index (χ1n) is 14.2. The Kier molecular flexibility index (Phi) is 282. The second-order valence-electron chi connectivity index (χ2n) is 7.85. The third-order valence-electron chi connectivity index (χ3n) is 1.80. The van der Waals surface area contributed by atoms with Gasteiger partial charge in [0.1, 0.15) is 24.6 Å².